The summed E-state index contributed by atoms with van der Waals surface area (Å²) in [5, 5.41) is 4.69. The van der Waals surface area contributed by atoms with E-state index in [0.717, 1.165) is 35.9 Å². The number of nitrogens with zero attached hydrogens (tertiary/aromatic N) is 2. The van der Waals surface area contributed by atoms with Crippen molar-refractivity contribution in [1.82, 2.24) is 15.3 Å². The number of amides is 1. The average molecular weight is 441 g/mol. The van der Waals surface area contributed by atoms with E-state index >= 15 is 0 Å². The Morgan fingerprint density at radius 2 is 2.13 bits per heavy atom. The number of thiophene rings is 1. The molecule has 2 aromatic heterocycles. The van der Waals surface area contributed by atoms with Crippen molar-refractivity contribution in [2.45, 2.75) is 57.1 Å². The third kappa shape index (κ3) is 4.95. The first-order valence-corrected chi connectivity index (χ1v) is 12.3. The lowest BCUT2D eigenvalue weighted by atomic mass is 9.89. The highest BCUT2D eigenvalue weighted by molar-refractivity contribution is 7.99. The van der Waals surface area contributed by atoms with Crippen LogP contribution in [0.25, 0.3) is 10.2 Å². The summed E-state index contributed by atoms with van der Waals surface area (Å²) in [5.74, 6) is 1.55. The number of carbonyl (C=O) groups is 1. The minimum atomic E-state index is 0.00197. The lowest BCUT2D eigenvalue weighted by Gasteiger charge is -2.17. The van der Waals surface area contributed by atoms with Gasteiger partial charge in [0.2, 0.25) is 5.91 Å². The van der Waals surface area contributed by atoms with Gasteiger partial charge in [0.25, 0.3) is 0 Å². The van der Waals surface area contributed by atoms with E-state index in [9.17, 15) is 4.79 Å². The van der Waals surface area contributed by atoms with E-state index < -0.39 is 0 Å². The number of fused-ring (bicyclic) bond motifs is 3. The van der Waals surface area contributed by atoms with Gasteiger partial charge in [0.15, 0.2) is 5.16 Å². The molecule has 0 spiro atoms. The van der Waals surface area contributed by atoms with Crippen LogP contribution in [0, 0.1) is 5.92 Å². The number of hydrogen-bond donors (Lipinski definition) is 2. The fraction of sp³-hybridized carbons (Fsp3) is 0.435. The van der Waals surface area contributed by atoms with Crippen molar-refractivity contribution in [1.29, 1.82) is 0 Å². The Bertz CT molecular complexity index is 1030. The Morgan fingerprint density at radius 3 is 2.93 bits per heavy atom. The van der Waals surface area contributed by atoms with E-state index in [4.69, 9.17) is 10.7 Å². The first-order chi connectivity index (χ1) is 14.5. The van der Waals surface area contributed by atoms with Crippen LogP contribution in [0.4, 0.5) is 5.82 Å². The molecule has 1 aliphatic carbocycles. The van der Waals surface area contributed by atoms with Crippen LogP contribution in [0.1, 0.15) is 42.7 Å². The molecule has 0 unspecified atom stereocenters. The van der Waals surface area contributed by atoms with Crippen molar-refractivity contribution < 1.29 is 4.79 Å². The van der Waals surface area contributed by atoms with Crippen LogP contribution < -0.4 is 11.1 Å². The van der Waals surface area contributed by atoms with E-state index in [1.54, 1.807) is 11.3 Å². The van der Waals surface area contributed by atoms with E-state index in [-0.39, 0.29) is 11.9 Å². The number of hydrogen-bond acceptors (Lipinski definition) is 6. The predicted molar refractivity (Wildman–Crippen MR) is 126 cm³/mol. The van der Waals surface area contributed by atoms with E-state index in [0.29, 0.717) is 22.6 Å². The van der Waals surface area contributed by atoms with Crippen LogP contribution in [0.3, 0.4) is 0 Å². The molecule has 3 N–H and O–H groups in total. The van der Waals surface area contributed by atoms with Crippen LogP contribution in [-0.4, -0.2) is 27.7 Å². The molecule has 2 atom stereocenters. The summed E-state index contributed by atoms with van der Waals surface area (Å²) in [5.41, 5.74) is 8.91. The quantitative estimate of drug-likeness (QED) is 0.414. The highest BCUT2D eigenvalue weighted by Crippen LogP contribution is 2.39. The molecule has 30 heavy (non-hydrogen) atoms. The summed E-state index contributed by atoms with van der Waals surface area (Å²) < 4.78 is 0. The maximum atomic E-state index is 12.4. The average Bonchev–Trinajstić information content (AvgIpc) is 3.09. The number of thioether (sulfide) groups is 1. The Hall–Kier alpha value is -2.12. The first kappa shape index (κ1) is 21.1. The fourth-order valence-electron chi connectivity index (χ4n) is 3.96. The third-order valence-electron chi connectivity index (χ3n) is 5.61. The monoisotopic (exact) mass is 440 g/mol. The Labute approximate surface area is 185 Å². The third-order valence-corrected chi connectivity index (χ3v) is 7.61. The van der Waals surface area contributed by atoms with Gasteiger partial charge in [-0.15, -0.1) is 11.3 Å². The number of nitrogen functional groups attached to an aromatic ring is 1. The van der Waals surface area contributed by atoms with Gasteiger partial charge in [0.1, 0.15) is 10.6 Å². The second-order valence-corrected chi connectivity index (χ2v) is 10.2. The Kier molecular flexibility index (Phi) is 6.58. The summed E-state index contributed by atoms with van der Waals surface area (Å²) in [6.45, 7) is 4.34. The van der Waals surface area contributed by atoms with Gasteiger partial charge in [0.05, 0.1) is 11.1 Å². The summed E-state index contributed by atoms with van der Waals surface area (Å²) in [6.07, 6.45) is 5.21. The van der Waals surface area contributed by atoms with Crippen LogP contribution in [0.2, 0.25) is 0 Å². The molecule has 2 heterocycles. The van der Waals surface area contributed by atoms with Crippen molar-refractivity contribution >= 4 is 45.0 Å². The molecule has 158 valence electrons. The zero-order valence-corrected chi connectivity index (χ0v) is 19.1. The standard InChI is InChI=1S/C23H28N4OS2/c1-14-8-11-17-18(12-14)30-22-20(17)21(24)26-23(27-22)29-13-19(28)25-15(2)9-10-16-6-4-3-5-7-16/h3-7,14-15H,8-13H2,1-2H3,(H,25,28)(H2,24,26,27)/t14-,15-/m0/s1. The van der Waals surface area contributed by atoms with Gasteiger partial charge in [-0.2, -0.15) is 0 Å². The van der Waals surface area contributed by atoms with Crippen molar-refractivity contribution in [2.75, 3.05) is 11.5 Å². The zero-order chi connectivity index (χ0) is 21.1. The predicted octanol–water partition coefficient (Wildman–Crippen LogP) is 4.63. The van der Waals surface area contributed by atoms with Crippen LogP contribution in [0.15, 0.2) is 35.5 Å². The molecular formula is C23H28N4OS2. The Balaban J connectivity index is 1.33. The van der Waals surface area contributed by atoms with Gasteiger partial charge in [-0.25, -0.2) is 9.97 Å². The SMILES string of the molecule is C[C@H]1CCc2c(sc3nc(SCC(=O)N[C@@H](C)CCc4ccccc4)nc(N)c23)C1. The molecule has 7 heteroatoms. The van der Waals surface area contributed by atoms with Gasteiger partial charge in [-0.05, 0) is 56.1 Å². The van der Waals surface area contributed by atoms with Gasteiger partial charge >= 0.3 is 0 Å². The van der Waals surface area contributed by atoms with Crippen molar-refractivity contribution in [3.05, 3.63) is 46.3 Å². The molecule has 0 saturated carbocycles. The van der Waals surface area contributed by atoms with E-state index in [1.807, 2.05) is 25.1 Å². The summed E-state index contributed by atoms with van der Waals surface area (Å²) in [4.78, 5) is 23.9. The van der Waals surface area contributed by atoms with Gasteiger partial charge in [-0.1, -0.05) is 49.0 Å². The number of benzene rings is 1. The second kappa shape index (κ2) is 9.35. The number of carbonyl (C=O) groups excluding carboxylic acids is 1. The highest BCUT2D eigenvalue weighted by Gasteiger charge is 2.23. The maximum absolute atomic E-state index is 12.4. The number of rotatable bonds is 7. The minimum absolute atomic E-state index is 0.00197. The number of anilines is 1. The van der Waals surface area contributed by atoms with Crippen LogP contribution in [-0.2, 0) is 24.1 Å². The molecular weight excluding hydrogens is 412 g/mol. The zero-order valence-electron chi connectivity index (χ0n) is 17.5. The number of nitrogens with one attached hydrogen (secondary N) is 1. The van der Waals surface area contributed by atoms with Crippen LogP contribution in [0.5, 0.6) is 0 Å². The molecule has 3 aromatic rings. The lowest BCUT2D eigenvalue weighted by molar-refractivity contribution is -0.119. The fourth-order valence-corrected chi connectivity index (χ4v) is 6.07. The highest BCUT2D eigenvalue weighted by atomic mass is 32.2. The molecule has 0 aliphatic heterocycles. The molecule has 0 saturated heterocycles. The smallest absolute Gasteiger partial charge is 0.230 e. The van der Waals surface area contributed by atoms with Gasteiger partial charge in [0, 0.05) is 10.9 Å². The lowest BCUT2D eigenvalue weighted by Crippen LogP contribution is -2.34. The molecule has 0 fully saturated rings. The van der Waals surface area contributed by atoms with E-state index in [2.05, 4.69) is 29.4 Å². The molecule has 0 bridgehead atoms. The largest absolute Gasteiger partial charge is 0.383 e. The van der Waals surface area contributed by atoms with Crippen LogP contribution >= 0.6 is 23.1 Å². The van der Waals surface area contributed by atoms with Crippen molar-refractivity contribution in [3.8, 4) is 0 Å². The molecule has 5 nitrogen and oxygen atoms in total. The maximum Gasteiger partial charge on any atom is 0.230 e. The number of aryl methyl sites for hydroxylation is 2. The molecule has 1 aromatic carbocycles. The van der Waals surface area contributed by atoms with Crippen molar-refractivity contribution in [3.63, 3.8) is 0 Å². The summed E-state index contributed by atoms with van der Waals surface area (Å²) in [6, 6.07) is 10.5. The number of aromatic nitrogens is 2. The van der Waals surface area contributed by atoms with Gasteiger partial charge < -0.3 is 11.1 Å². The minimum Gasteiger partial charge on any atom is -0.383 e. The summed E-state index contributed by atoms with van der Waals surface area (Å²) in [7, 11) is 0. The summed E-state index contributed by atoms with van der Waals surface area (Å²) >= 11 is 3.09. The molecule has 1 amide bonds. The van der Waals surface area contributed by atoms with Gasteiger partial charge in [-0.3, -0.25) is 4.79 Å². The number of nitrogens with two attached hydrogens (primary N) is 1. The van der Waals surface area contributed by atoms with E-state index in [1.165, 1.54) is 34.2 Å². The normalized spacial score (nSPS) is 16.9. The molecule has 4 rings (SSSR count). The Morgan fingerprint density at radius 1 is 1.33 bits per heavy atom. The van der Waals surface area contributed by atoms with Crippen molar-refractivity contribution in [2.24, 2.45) is 5.92 Å². The second-order valence-electron chi connectivity index (χ2n) is 8.20. The first-order valence-electron chi connectivity index (χ1n) is 10.5. The molecule has 0 radical (unpaired) electrons. The topological polar surface area (TPSA) is 80.9 Å². The molecule has 1 aliphatic rings.